The van der Waals surface area contributed by atoms with E-state index in [1.807, 2.05) is 0 Å². The van der Waals surface area contributed by atoms with Crippen LogP contribution in [0.25, 0.3) is 0 Å². The molecule has 0 radical (unpaired) electrons. The lowest BCUT2D eigenvalue weighted by Crippen LogP contribution is -2.13. The van der Waals surface area contributed by atoms with Crippen molar-refractivity contribution in [2.75, 3.05) is 14.2 Å². The maximum Gasteiger partial charge on any atom is 0.264 e. The Kier molecular flexibility index (Phi) is 4.27. The molecule has 0 bridgehead atoms. The lowest BCUT2D eigenvalue weighted by atomic mass is 10.2. The molecule has 0 amide bonds. The Hall–Kier alpha value is -2.35. The first-order valence-electron chi connectivity index (χ1n) is 5.95. The highest BCUT2D eigenvalue weighted by Gasteiger charge is 2.18. The van der Waals surface area contributed by atoms with E-state index in [0.29, 0.717) is 17.1 Å². The number of hydrogen-bond donors (Lipinski definition) is 1. The van der Waals surface area contributed by atoms with Crippen molar-refractivity contribution in [3.63, 3.8) is 0 Å². The van der Waals surface area contributed by atoms with Gasteiger partial charge in [0.2, 0.25) is 9.84 Å². The van der Waals surface area contributed by atoms with Gasteiger partial charge in [-0.05, 0) is 23.8 Å². The van der Waals surface area contributed by atoms with Gasteiger partial charge in [0.1, 0.15) is 0 Å². The smallest absolute Gasteiger partial charge is 0.264 e. The van der Waals surface area contributed by atoms with Crippen LogP contribution >= 0.6 is 0 Å². The van der Waals surface area contributed by atoms with Gasteiger partial charge in [0.15, 0.2) is 16.5 Å². The number of rotatable bonds is 5. The molecule has 1 N–H and O–H groups in total. The lowest BCUT2D eigenvalue weighted by Gasteiger charge is -2.09. The van der Waals surface area contributed by atoms with Gasteiger partial charge in [-0.25, -0.2) is 13.5 Å². The molecule has 1 heterocycles. The highest BCUT2D eigenvalue weighted by Crippen LogP contribution is 2.28. The van der Waals surface area contributed by atoms with Crippen LogP contribution < -0.4 is 15.0 Å². The molecule has 0 saturated carbocycles. The summed E-state index contributed by atoms with van der Waals surface area (Å²) in [6, 6.07) is 7.14. The summed E-state index contributed by atoms with van der Waals surface area (Å²) in [6.45, 7) is 0. The second kappa shape index (κ2) is 5.96. The minimum atomic E-state index is -3.65. The van der Waals surface area contributed by atoms with Gasteiger partial charge in [0.05, 0.1) is 20.0 Å². The van der Waals surface area contributed by atoms with Crippen molar-refractivity contribution in [3.05, 3.63) is 46.2 Å². The number of aromatic amines is 1. The number of ether oxygens (including phenoxy) is 2. The van der Waals surface area contributed by atoms with Gasteiger partial charge in [0.25, 0.3) is 5.56 Å². The van der Waals surface area contributed by atoms with Gasteiger partial charge < -0.3 is 9.47 Å². The van der Waals surface area contributed by atoms with Crippen LogP contribution in [0.1, 0.15) is 5.56 Å². The average molecular weight is 310 g/mol. The normalized spacial score (nSPS) is 11.1. The van der Waals surface area contributed by atoms with Crippen LogP contribution in [0, 0.1) is 0 Å². The Bertz CT molecular complexity index is 778. The molecule has 0 fully saturated rings. The largest absolute Gasteiger partial charge is 0.493 e. The number of hydrogen-bond acceptors (Lipinski definition) is 6. The van der Waals surface area contributed by atoms with E-state index in [0.717, 1.165) is 6.07 Å². The summed E-state index contributed by atoms with van der Waals surface area (Å²) in [7, 11) is -0.682. The third-order valence-corrected chi connectivity index (χ3v) is 4.35. The monoisotopic (exact) mass is 310 g/mol. The summed E-state index contributed by atoms with van der Waals surface area (Å²) in [5.41, 5.74) is 0.0701. The SMILES string of the molecule is COc1ccc(CS(=O)(=O)c2ccc(=O)[nH]n2)cc1OC. The second-order valence-corrected chi connectivity index (χ2v) is 6.14. The minimum absolute atomic E-state index is 0.183. The molecule has 2 rings (SSSR count). The predicted molar refractivity (Wildman–Crippen MR) is 75.3 cm³/mol. The summed E-state index contributed by atoms with van der Waals surface area (Å²) in [5, 5.41) is 5.46. The molecule has 0 aliphatic rings. The van der Waals surface area contributed by atoms with Crippen LogP contribution in [0.4, 0.5) is 0 Å². The molecule has 112 valence electrons. The van der Waals surface area contributed by atoms with Gasteiger partial charge in [-0.1, -0.05) is 6.07 Å². The maximum atomic E-state index is 12.2. The van der Waals surface area contributed by atoms with Crippen molar-refractivity contribution in [1.29, 1.82) is 0 Å². The third-order valence-electron chi connectivity index (χ3n) is 2.78. The molecule has 7 nitrogen and oxygen atoms in total. The number of aromatic nitrogens is 2. The van der Waals surface area contributed by atoms with Crippen molar-refractivity contribution in [2.24, 2.45) is 0 Å². The number of nitrogens with zero attached hydrogens (tertiary/aromatic N) is 1. The maximum absolute atomic E-state index is 12.2. The number of nitrogens with one attached hydrogen (secondary N) is 1. The Balaban J connectivity index is 2.32. The molecule has 0 unspecified atom stereocenters. The zero-order valence-corrected chi connectivity index (χ0v) is 12.3. The molecular weight excluding hydrogens is 296 g/mol. The summed E-state index contributed by atoms with van der Waals surface area (Å²) in [6.07, 6.45) is 0. The van der Waals surface area contributed by atoms with E-state index in [-0.39, 0.29) is 10.8 Å². The van der Waals surface area contributed by atoms with E-state index in [1.165, 1.54) is 20.3 Å². The van der Waals surface area contributed by atoms with Gasteiger partial charge in [-0.15, -0.1) is 0 Å². The molecule has 0 aliphatic carbocycles. The van der Waals surface area contributed by atoms with Crippen molar-refractivity contribution < 1.29 is 17.9 Å². The summed E-state index contributed by atoms with van der Waals surface area (Å²) in [4.78, 5) is 10.9. The topological polar surface area (TPSA) is 98.4 Å². The molecule has 0 saturated heterocycles. The Morgan fingerprint density at radius 2 is 1.81 bits per heavy atom. The highest BCUT2D eigenvalue weighted by molar-refractivity contribution is 7.90. The van der Waals surface area contributed by atoms with Crippen LogP contribution in [0.2, 0.25) is 0 Å². The predicted octanol–water partition coefficient (Wildman–Crippen LogP) is 0.761. The number of sulfone groups is 1. The summed E-state index contributed by atoms with van der Waals surface area (Å²) < 4.78 is 34.6. The number of methoxy groups -OCH3 is 2. The Labute approximate surface area is 121 Å². The number of H-pyrrole nitrogens is 1. The number of benzene rings is 1. The summed E-state index contributed by atoms with van der Waals surface area (Å²) in [5.74, 6) is 0.701. The molecule has 0 atom stereocenters. The van der Waals surface area contributed by atoms with Crippen LogP contribution in [0.15, 0.2) is 40.2 Å². The molecule has 0 aliphatic heterocycles. The van der Waals surface area contributed by atoms with E-state index in [4.69, 9.17) is 9.47 Å². The zero-order chi connectivity index (χ0) is 15.5. The summed E-state index contributed by atoms with van der Waals surface area (Å²) >= 11 is 0. The first-order valence-corrected chi connectivity index (χ1v) is 7.61. The van der Waals surface area contributed by atoms with Crippen molar-refractivity contribution >= 4 is 9.84 Å². The van der Waals surface area contributed by atoms with Gasteiger partial charge in [-0.2, -0.15) is 5.10 Å². The van der Waals surface area contributed by atoms with E-state index < -0.39 is 15.4 Å². The van der Waals surface area contributed by atoms with Crippen LogP contribution in [-0.2, 0) is 15.6 Å². The van der Waals surface area contributed by atoms with E-state index >= 15 is 0 Å². The standard InChI is InChI=1S/C13H14N2O5S/c1-19-10-4-3-9(7-11(10)20-2)8-21(17,18)13-6-5-12(16)14-15-13/h3-7H,8H2,1-2H3,(H,14,16). The van der Waals surface area contributed by atoms with Crippen LogP contribution in [0.5, 0.6) is 11.5 Å². The van der Waals surface area contributed by atoms with Gasteiger partial charge >= 0.3 is 0 Å². The van der Waals surface area contributed by atoms with Crippen molar-refractivity contribution in [3.8, 4) is 11.5 Å². The van der Waals surface area contributed by atoms with Crippen LogP contribution in [0.3, 0.4) is 0 Å². The lowest BCUT2D eigenvalue weighted by molar-refractivity contribution is 0.354. The fraction of sp³-hybridized carbons (Fsp3) is 0.231. The fourth-order valence-electron chi connectivity index (χ4n) is 1.77. The minimum Gasteiger partial charge on any atom is -0.493 e. The highest BCUT2D eigenvalue weighted by atomic mass is 32.2. The molecule has 1 aromatic carbocycles. The van der Waals surface area contributed by atoms with E-state index in [1.54, 1.807) is 18.2 Å². The quantitative estimate of drug-likeness (QED) is 0.875. The first-order chi connectivity index (χ1) is 9.96. The zero-order valence-electron chi connectivity index (χ0n) is 11.5. The molecule has 0 spiro atoms. The van der Waals surface area contributed by atoms with Crippen molar-refractivity contribution in [2.45, 2.75) is 10.8 Å². The molecule has 21 heavy (non-hydrogen) atoms. The second-order valence-electron chi connectivity index (χ2n) is 4.21. The van der Waals surface area contributed by atoms with Gasteiger partial charge in [0, 0.05) is 6.07 Å². The fourth-order valence-corrected chi connectivity index (χ4v) is 3.00. The Morgan fingerprint density at radius 1 is 1.10 bits per heavy atom. The molecular formula is C13H14N2O5S. The first kappa shape index (κ1) is 15.0. The Morgan fingerprint density at radius 3 is 2.38 bits per heavy atom. The third kappa shape index (κ3) is 3.40. The van der Waals surface area contributed by atoms with Crippen LogP contribution in [-0.4, -0.2) is 32.8 Å². The average Bonchev–Trinajstić information content (AvgIpc) is 2.47. The van der Waals surface area contributed by atoms with Crippen molar-refractivity contribution in [1.82, 2.24) is 10.2 Å². The molecule has 8 heteroatoms. The molecule has 2 aromatic rings. The van der Waals surface area contributed by atoms with E-state index in [2.05, 4.69) is 10.2 Å². The van der Waals surface area contributed by atoms with E-state index in [9.17, 15) is 13.2 Å². The van der Waals surface area contributed by atoms with Gasteiger partial charge in [-0.3, -0.25) is 4.79 Å². The molecule has 1 aromatic heterocycles.